The fourth-order valence-electron chi connectivity index (χ4n) is 3.56. The van der Waals surface area contributed by atoms with Gasteiger partial charge in [0.05, 0.1) is 6.61 Å². The van der Waals surface area contributed by atoms with Gasteiger partial charge in [0.25, 0.3) is 0 Å². The van der Waals surface area contributed by atoms with Crippen LogP contribution in [-0.2, 0) is 10.2 Å². The maximum atomic E-state index is 12.1. The molecule has 1 N–H and O–H groups in total. The second-order valence-electron chi connectivity index (χ2n) is 6.67. The Labute approximate surface area is 163 Å². The van der Waals surface area contributed by atoms with E-state index in [1.807, 2.05) is 19.1 Å². The van der Waals surface area contributed by atoms with Crippen molar-refractivity contribution in [1.29, 1.82) is 0 Å². The third-order valence-electron chi connectivity index (χ3n) is 5.21. The van der Waals surface area contributed by atoms with Gasteiger partial charge >= 0.3 is 6.09 Å². The van der Waals surface area contributed by atoms with Crippen molar-refractivity contribution in [1.82, 2.24) is 10.2 Å². The number of nitrogens with one attached hydrogen (secondary N) is 1. The van der Waals surface area contributed by atoms with Crippen molar-refractivity contribution in [3.05, 3.63) is 71.8 Å². The van der Waals surface area contributed by atoms with Crippen molar-refractivity contribution in [2.75, 3.05) is 32.8 Å². The van der Waals surface area contributed by atoms with Gasteiger partial charge in [-0.3, -0.25) is 0 Å². The SMILES string of the molecule is CCOC(=O)NCC(CCN(CC)CC)(c1ccccc1)c1ccccc1. The quantitative estimate of drug-likeness (QED) is 0.674. The number of carbonyl (C=O) groups excluding carboxylic acids is 1. The van der Waals surface area contributed by atoms with Crippen LogP contribution in [0.15, 0.2) is 60.7 Å². The molecular formula is C23H32N2O2. The molecule has 0 aliphatic heterocycles. The molecule has 0 spiro atoms. The zero-order valence-corrected chi connectivity index (χ0v) is 16.8. The molecule has 4 nitrogen and oxygen atoms in total. The Bertz CT molecular complexity index is 630. The second-order valence-corrected chi connectivity index (χ2v) is 6.67. The Kier molecular flexibility index (Phi) is 8.34. The number of hydrogen-bond acceptors (Lipinski definition) is 3. The van der Waals surface area contributed by atoms with Gasteiger partial charge in [-0.1, -0.05) is 74.5 Å². The molecule has 0 radical (unpaired) electrons. The van der Waals surface area contributed by atoms with Crippen molar-refractivity contribution >= 4 is 6.09 Å². The number of benzene rings is 2. The first kappa shape index (κ1) is 21.0. The van der Waals surface area contributed by atoms with Crippen molar-refractivity contribution in [3.8, 4) is 0 Å². The van der Waals surface area contributed by atoms with Gasteiger partial charge in [-0.25, -0.2) is 4.79 Å². The average Bonchev–Trinajstić information content (AvgIpc) is 2.72. The van der Waals surface area contributed by atoms with Crippen molar-refractivity contribution in [2.45, 2.75) is 32.6 Å². The minimum Gasteiger partial charge on any atom is -0.450 e. The van der Waals surface area contributed by atoms with E-state index in [-0.39, 0.29) is 11.5 Å². The van der Waals surface area contributed by atoms with Crippen LogP contribution in [0.5, 0.6) is 0 Å². The Morgan fingerprint density at radius 3 is 1.89 bits per heavy atom. The van der Waals surface area contributed by atoms with Gasteiger partial charge < -0.3 is 15.0 Å². The molecule has 2 aromatic carbocycles. The van der Waals surface area contributed by atoms with Crippen LogP contribution in [0.2, 0.25) is 0 Å². The fourth-order valence-corrected chi connectivity index (χ4v) is 3.56. The number of alkyl carbamates (subject to hydrolysis) is 1. The summed E-state index contributed by atoms with van der Waals surface area (Å²) >= 11 is 0. The Morgan fingerprint density at radius 1 is 0.926 bits per heavy atom. The van der Waals surface area contributed by atoms with E-state index >= 15 is 0 Å². The van der Waals surface area contributed by atoms with E-state index in [1.165, 1.54) is 11.1 Å². The van der Waals surface area contributed by atoms with Gasteiger partial charge in [0, 0.05) is 12.0 Å². The molecule has 0 heterocycles. The lowest BCUT2D eigenvalue weighted by Gasteiger charge is -2.37. The summed E-state index contributed by atoms with van der Waals surface area (Å²) in [7, 11) is 0. The summed E-state index contributed by atoms with van der Waals surface area (Å²) in [5.74, 6) is 0. The van der Waals surface area contributed by atoms with E-state index in [4.69, 9.17) is 4.74 Å². The van der Waals surface area contributed by atoms with E-state index in [0.29, 0.717) is 13.2 Å². The molecule has 4 heteroatoms. The number of ether oxygens (including phenoxy) is 1. The van der Waals surface area contributed by atoms with Crippen molar-refractivity contribution < 1.29 is 9.53 Å². The zero-order chi connectivity index (χ0) is 19.5. The summed E-state index contributed by atoms with van der Waals surface area (Å²) in [4.78, 5) is 14.5. The minimum absolute atomic E-state index is 0.308. The largest absolute Gasteiger partial charge is 0.450 e. The third-order valence-corrected chi connectivity index (χ3v) is 5.21. The number of hydrogen-bond donors (Lipinski definition) is 1. The Morgan fingerprint density at radius 2 is 1.44 bits per heavy atom. The van der Waals surface area contributed by atoms with E-state index in [0.717, 1.165) is 26.1 Å². The molecule has 0 aliphatic rings. The minimum atomic E-state index is -0.364. The highest BCUT2D eigenvalue weighted by Gasteiger charge is 2.35. The van der Waals surface area contributed by atoms with Crippen LogP contribution in [0, 0.1) is 0 Å². The molecule has 0 fully saturated rings. The standard InChI is InChI=1S/C23H32N2O2/c1-4-25(5-2)18-17-23(19-24-22(26)27-6-3,20-13-9-7-10-14-20)21-15-11-8-12-16-21/h7-16H,4-6,17-19H2,1-3H3,(H,24,26). The second kappa shape index (κ2) is 10.7. The number of rotatable bonds is 10. The molecule has 0 aromatic heterocycles. The van der Waals surface area contributed by atoms with Gasteiger partial charge in [-0.2, -0.15) is 0 Å². The summed E-state index contributed by atoms with van der Waals surface area (Å²) in [5, 5.41) is 3.00. The maximum Gasteiger partial charge on any atom is 0.407 e. The van der Waals surface area contributed by atoms with Crippen LogP contribution in [0.3, 0.4) is 0 Å². The lowest BCUT2D eigenvalue weighted by Crippen LogP contribution is -2.44. The molecule has 0 aliphatic carbocycles. The number of carbonyl (C=O) groups is 1. The van der Waals surface area contributed by atoms with Crippen LogP contribution in [0.1, 0.15) is 38.3 Å². The molecular weight excluding hydrogens is 336 g/mol. The Hall–Kier alpha value is -2.33. The van der Waals surface area contributed by atoms with Gasteiger partial charge in [0.2, 0.25) is 0 Å². The molecule has 0 saturated carbocycles. The van der Waals surface area contributed by atoms with Gasteiger partial charge in [0.1, 0.15) is 0 Å². The predicted molar refractivity (Wildman–Crippen MR) is 111 cm³/mol. The molecule has 0 unspecified atom stereocenters. The third kappa shape index (κ3) is 5.57. The van der Waals surface area contributed by atoms with Gasteiger partial charge in [-0.05, 0) is 44.1 Å². The molecule has 146 valence electrons. The summed E-state index contributed by atoms with van der Waals surface area (Å²) in [6.45, 7) is 10.1. The summed E-state index contributed by atoms with van der Waals surface area (Å²) < 4.78 is 5.12. The molecule has 0 bridgehead atoms. The molecule has 27 heavy (non-hydrogen) atoms. The molecule has 1 amide bonds. The highest BCUT2D eigenvalue weighted by atomic mass is 16.5. The van der Waals surface area contributed by atoms with E-state index < -0.39 is 0 Å². The van der Waals surface area contributed by atoms with Crippen molar-refractivity contribution in [3.63, 3.8) is 0 Å². The summed E-state index contributed by atoms with van der Waals surface area (Å²) in [6.07, 6.45) is 0.548. The molecule has 0 atom stereocenters. The average molecular weight is 369 g/mol. The van der Waals surface area contributed by atoms with Crippen LogP contribution in [0.25, 0.3) is 0 Å². The molecule has 2 aromatic rings. The first-order valence-electron chi connectivity index (χ1n) is 9.90. The lowest BCUT2D eigenvalue weighted by atomic mass is 9.71. The summed E-state index contributed by atoms with van der Waals surface area (Å²) in [6, 6.07) is 20.9. The first-order valence-corrected chi connectivity index (χ1v) is 9.90. The van der Waals surface area contributed by atoms with Crippen LogP contribution in [0.4, 0.5) is 4.79 Å². The smallest absolute Gasteiger partial charge is 0.407 e. The lowest BCUT2D eigenvalue weighted by molar-refractivity contribution is 0.149. The number of amides is 1. The fraction of sp³-hybridized carbons (Fsp3) is 0.435. The molecule has 2 rings (SSSR count). The first-order chi connectivity index (χ1) is 13.2. The topological polar surface area (TPSA) is 41.6 Å². The number of nitrogens with zero attached hydrogens (tertiary/aromatic N) is 1. The molecule has 0 saturated heterocycles. The Balaban J connectivity index is 2.42. The highest BCUT2D eigenvalue weighted by Crippen LogP contribution is 2.35. The van der Waals surface area contributed by atoms with Gasteiger partial charge in [-0.15, -0.1) is 0 Å². The van der Waals surface area contributed by atoms with Crippen LogP contribution >= 0.6 is 0 Å². The summed E-state index contributed by atoms with van der Waals surface area (Å²) in [5.41, 5.74) is 2.11. The highest BCUT2D eigenvalue weighted by molar-refractivity contribution is 5.67. The normalized spacial score (nSPS) is 11.4. The maximum absolute atomic E-state index is 12.1. The van der Waals surface area contributed by atoms with Crippen LogP contribution in [-0.4, -0.2) is 43.8 Å². The van der Waals surface area contributed by atoms with E-state index in [2.05, 4.69) is 72.6 Å². The van der Waals surface area contributed by atoms with Crippen molar-refractivity contribution in [2.24, 2.45) is 0 Å². The zero-order valence-electron chi connectivity index (χ0n) is 16.8. The monoisotopic (exact) mass is 368 g/mol. The predicted octanol–water partition coefficient (Wildman–Crippen LogP) is 4.45. The van der Waals surface area contributed by atoms with Crippen LogP contribution < -0.4 is 5.32 Å². The van der Waals surface area contributed by atoms with Gasteiger partial charge in [0.15, 0.2) is 0 Å². The van der Waals surface area contributed by atoms with E-state index in [9.17, 15) is 4.79 Å². The van der Waals surface area contributed by atoms with E-state index in [1.54, 1.807) is 0 Å².